The maximum atomic E-state index is 13.7. The molecule has 2 aromatic heterocycles. The molecular weight excluding hydrogens is 480 g/mol. The summed E-state index contributed by atoms with van der Waals surface area (Å²) >= 11 is 6.12. The number of benzene rings is 1. The van der Waals surface area contributed by atoms with Gasteiger partial charge in [-0.25, -0.2) is 0 Å². The Morgan fingerprint density at radius 1 is 1.17 bits per heavy atom. The highest BCUT2D eigenvalue weighted by molar-refractivity contribution is 6.30. The van der Waals surface area contributed by atoms with E-state index in [1.54, 1.807) is 35.2 Å². The molecule has 1 fully saturated rings. The van der Waals surface area contributed by atoms with Crippen LogP contribution in [-0.2, 0) is 16.1 Å². The van der Waals surface area contributed by atoms with Gasteiger partial charge in [0.1, 0.15) is 18.3 Å². The van der Waals surface area contributed by atoms with Gasteiger partial charge in [-0.3, -0.25) is 14.5 Å². The topological polar surface area (TPSA) is 106 Å². The largest absolute Gasteiger partial charge is 0.458 e. The standard InChI is InChI=1S/C26H33ClN6O3/c1-3-4-10-22(26(35)28-20-8-6-5-7-9-20)33(21-14-12-19(27)13-15-21)24(34)17-32-30-25(29-31-32)23-16-11-18(2)36-23/h11-16,20,22H,3-10,17H2,1-2H3,(H,28,35). The predicted octanol–water partition coefficient (Wildman–Crippen LogP) is 4.94. The fraction of sp³-hybridized carbons (Fsp3) is 0.500. The lowest BCUT2D eigenvalue weighted by molar-refractivity contribution is -0.127. The van der Waals surface area contributed by atoms with E-state index in [4.69, 9.17) is 16.0 Å². The maximum absolute atomic E-state index is 13.7. The molecule has 36 heavy (non-hydrogen) atoms. The van der Waals surface area contributed by atoms with Crippen LogP contribution >= 0.6 is 11.6 Å². The number of furan rings is 1. The number of nitrogens with one attached hydrogen (secondary N) is 1. The average molecular weight is 513 g/mol. The van der Waals surface area contributed by atoms with Crippen molar-refractivity contribution in [3.05, 3.63) is 47.2 Å². The van der Waals surface area contributed by atoms with Gasteiger partial charge in [-0.15, -0.1) is 10.2 Å². The number of carbonyl (C=O) groups is 2. The van der Waals surface area contributed by atoms with Gasteiger partial charge in [0.05, 0.1) is 0 Å². The van der Waals surface area contributed by atoms with Crippen LogP contribution in [0, 0.1) is 6.92 Å². The molecule has 1 atom stereocenters. The summed E-state index contributed by atoms with van der Waals surface area (Å²) in [5, 5.41) is 16.1. The van der Waals surface area contributed by atoms with Gasteiger partial charge in [0.15, 0.2) is 5.76 Å². The predicted molar refractivity (Wildman–Crippen MR) is 138 cm³/mol. The van der Waals surface area contributed by atoms with Crippen molar-refractivity contribution in [2.24, 2.45) is 0 Å². The van der Waals surface area contributed by atoms with Gasteiger partial charge in [0.2, 0.25) is 11.7 Å². The van der Waals surface area contributed by atoms with E-state index in [-0.39, 0.29) is 24.4 Å². The number of amides is 2. The third-order valence-electron chi connectivity index (χ3n) is 6.46. The number of halogens is 1. The van der Waals surface area contributed by atoms with Crippen LogP contribution in [0.15, 0.2) is 40.8 Å². The molecule has 4 rings (SSSR count). The molecule has 10 heteroatoms. The molecule has 2 heterocycles. The minimum Gasteiger partial charge on any atom is -0.458 e. The monoisotopic (exact) mass is 512 g/mol. The first-order valence-electron chi connectivity index (χ1n) is 12.7. The van der Waals surface area contributed by atoms with E-state index in [9.17, 15) is 9.59 Å². The van der Waals surface area contributed by atoms with E-state index in [1.807, 2.05) is 13.0 Å². The average Bonchev–Trinajstić information content (AvgIpc) is 3.52. The second kappa shape index (κ2) is 12.2. The molecule has 3 aromatic rings. The summed E-state index contributed by atoms with van der Waals surface area (Å²) in [4.78, 5) is 30.1. The van der Waals surface area contributed by atoms with Crippen molar-refractivity contribution >= 4 is 29.1 Å². The van der Waals surface area contributed by atoms with Crippen LogP contribution in [0.5, 0.6) is 0 Å². The van der Waals surface area contributed by atoms with Crippen molar-refractivity contribution in [3.63, 3.8) is 0 Å². The molecule has 2 amide bonds. The zero-order valence-electron chi connectivity index (χ0n) is 20.8. The Morgan fingerprint density at radius 3 is 2.58 bits per heavy atom. The Balaban J connectivity index is 1.59. The molecule has 1 saturated carbocycles. The smallest absolute Gasteiger partial charge is 0.251 e. The van der Waals surface area contributed by atoms with Crippen molar-refractivity contribution in [2.75, 3.05) is 4.90 Å². The van der Waals surface area contributed by atoms with Gasteiger partial charge in [-0.05, 0) is 67.8 Å². The Morgan fingerprint density at radius 2 is 1.92 bits per heavy atom. The van der Waals surface area contributed by atoms with E-state index in [2.05, 4.69) is 27.7 Å². The number of carbonyl (C=O) groups excluding carboxylic acids is 2. The lowest BCUT2D eigenvalue weighted by atomic mass is 9.95. The molecule has 192 valence electrons. The molecule has 0 radical (unpaired) electrons. The lowest BCUT2D eigenvalue weighted by Gasteiger charge is -2.33. The molecule has 1 N–H and O–H groups in total. The number of anilines is 1. The molecule has 1 aliphatic carbocycles. The van der Waals surface area contributed by atoms with Gasteiger partial charge in [0.25, 0.3) is 5.91 Å². The molecule has 0 saturated heterocycles. The first kappa shape index (κ1) is 25.9. The molecule has 9 nitrogen and oxygen atoms in total. The van der Waals surface area contributed by atoms with Crippen LogP contribution < -0.4 is 10.2 Å². The van der Waals surface area contributed by atoms with Gasteiger partial charge in [0, 0.05) is 16.8 Å². The van der Waals surface area contributed by atoms with Crippen molar-refractivity contribution in [1.82, 2.24) is 25.5 Å². The van der Waals surface area contributed by atoms with Crippen LogP contribution in [0.2, 0.25) is 5.02 Å². The summed E-state index contributed by atoms with van der Waals surface area (Å²) in [6, 6.07) is 10.0. The molecule has 1 aromatic carbocycles. The van der Waals surface area contributed by atoms with Crippen molar-refractivity contribution in [1.29, 1.82) is 0 Å². The minimum absolute atomic E-state index is 0.128. The molecule has 0 aliphatic heterocycles. The Labute approximate surface area is 216 Å². The molecule has 1 unspecified atom stereocenters. The molecule has 1 aliphatic rings. The summed E-state index contributed by atoms with van der Waals surface area (Å²) < 4.78 is 5.56. The summed E-state index contributed by atoms with van der Waals surface area (Å²) in [6.07, 6.45) is 7.63. The Bertz CT molecular complexity index is 1150. The van der Waals surface area contributed by atoms with E-state index >= 15 is 0 Å². The molecule has 0 bridgehead atoms. The number of unbranched alkanes of at least 4 members (excludes halogenated alkanes) is 1. The van der Waals surface area contributed by atoms with Crippen LogP contribution in [-0.4, -0.2) is 44.1 Å². The number of rotatable bonds is 10. The number of hydrogen-bond donors (Lipinski definition) is 1. The number of aromatic nitrogens is 4. The third kappa shape index (κ3) is 6.51. The van der Waals surface area contributed by atoms with Crippen LogP contribution in [0.3, 0.4) is 0 Å². The SMILES string of the molecule is CCCCC(C(=O)NC1CCCCC1)N(C(=O)Cn1nnc(-c2ccc(C)o2)n1)c1ccc(Cl)cc1. The normalized spacial score (nSPS) is 15.0. The summed E-state index contributed by atoms with van der Waals surface area (Å²) in [5.41, 5.74) is 0.603. The number of hydrogen-bond acceptors (Lipinski definition) is 6. The Kier molecular flexibility index (Phi) is 8.74. The zero-order chi connectivity index (χ0) is 25.5. The molecule has 0 spiro atoms. The summed E-state index contributed by atoms with van der Waals surface area (Å²) in [5.74, 6) is 1.07. The molecular formula is C26H33ClN6O3. The van der Waals surface area contributed by atoms with Crippen LogP contribution in [0.25, 0.3) is 11.6 Å². The number of aryl methyl sites for hydroxylation is 1. The highest BCUT2D eigenvalue weighted by Crippen LogP contribution is 2.25. The highest BCUT2D eigenvalue weighted by Gasteiger charge is 2.32. The second-order valence-corrected chi connectivity index (χ2v) is 9.73. The van der Waals surface area contributed by atoms with E-state index in [0.29, 0.717) is 28.7 Å². The lowest BCUT2D eigenvalue weighted by Crippen LogP contribution is -2.53. The first-order chi connectivity index (χ1) is 17.4. The van der Waals surface area contributed by atoms with Gasteiger partial charge in [-0.1, -0.05) is 50.6 Å². The van der Waals surface area contributed by atoms with Crippen molar-refractivity contribution in [3.8, 4) is 11.6 Å². The zero-order valence-corrected chi connectivity index (χ0v) is 21.6. The summed E-state index contributed by atoms with van der Waals surface area (Å²) in [7, 11) is 0. The quantitative estimate of drug-likeness (QED) is 0.412. The third-order valence-corrected chi connectivity index (χ3v) is 6.71. The maximum Gasteiger partial charge on any atom is 0.251 e. The van der Waals surface area contributed by atoms with E-state index in [1.165, 1.54) is 11.2 Å². The fourth-order valence-corrected chi connectivity index (χ4v) is 4.71. The van der Waals surface area contributed by atoms with E-state index in [0.717, 1.165) is 44.3 Å². The van der Waals surface area contributed by atoms with Gasteiger partial charge >= 0.3 is 0 Å². The Hall–Kier alpha value is -3.20. The van der Waals surface area contributed by atoms with Crippen molar-refractivity contribution in [2.45, 2.75) is 83.8 Å². The summed E-state index contributed by atoms with van der Waals surface area (Å²) in [6.45, 7) is 3.73. The van der Waals surface area contributed by atoms with Crippen LogP contribution in [0.1, 0.15) is 64.1 Å². The van der Waals surface area contributed by atoms with Gasteiger partial charge < -0.3 is 9.73 Å². The van der Waals surface area contributed by atoms with Crippen molar-refractivity contribution < 1.29 is 14.0 Å². The number of tetrazole rings is 1. The first-order valence-corrected chi connectivity index (χ1v) is 13.0. The second-order valence-electron chi connectivity index (χ2n) is 9.30. The van der Waals surface area contributed by atoms with Crippen LogP contribution in [0.4, 0.5) is 5.69 Å². The van der Waals surface area contributed by atoms with E-state index < -0.39 is 6.04 Å². The van der Waals surface area contributed by atoms with Gasteiger partial charge in [-0.2, -0.15) is 4.80 Å². The highest BCUT2D eigenvalue weighted by atomic mass is 35.5. The minimum atomic E-state index is -0.656. The number of nitrogens with zero attached hydrogens (tertiary/aromatic N) is 5. The fourth-order valence-electron chi connectivity index (χ4n) is 4.58.